The molecule has 0 amide bonds. The molecule has 0 saturated heterocycles. The van der Waals surface area contributed by atoms with Crippen LogP contribution in [0.5, 0.6) is 0 Å². The first-order valence-electron chi connectivity index (χ1n) is 11.6. The molecule has 4 aromatic carbocycles. The Labute approximate surface area is 213 Å². The van der Waals surface area contributed by atoms with Gasteiger partial charge in [-0.3, -0.25) is 0 Å². The molecule has 0 saturated carbocycles. The molecule has 3 heteroatoms. The van der Waals surface area contributed by atoms with E-state index in [1.54, 1.807) is 7.16 Å². The summed E-state index contributed by atoms with van der Waals surface area (Å²) < 4.78 is 3.16. The molecule has 0 aliphatic heterocycles. The molecule has 0 spiro atoms. The van der Waals surface area contributed by atoms with E-state index < -0.39 is 18.4 Å². The minimum absolute atomic E-state index is 0.286. The molecule has 0 unspecified atom stereocenters. The number of hydrogen-bond donors (Lipinski definition) is 0. The van der Waals surface area contributed by atoms with Crippen LogP contribution in [0.2, 0.25) is 9.88 Å². The summed E-state index contributed by atoms with van der Waals surface area (Å²) in [4.78, 5) is 4.98. The van der Waals surface area contributed by atoms with Crippen molar-refractivity contribution in [3.8, 4) is 0 Å². The van der Waals surface area contributed by atoms with Gasteiger partial charge in [0.05, 0.1) is 0 Å². The number of aryl methyl sites for hydroxylation is 4. The van der Waals surface area contributed by atoms with E-state index in [9.17, 15) is 0 Å². The molecule has 0 nitrogen and oxygen atoms in total. The van der Waals surface area contributed by atoms with Crippen LogP contribution in [0.3, 0.4) is 0 Å². The maximum absolute atomic E-state index is 3.74. The van der Waals surface area contributed by atoms with E-state index in [1.165, 1.54) is 33.2 Å². The minimum atomic E-state index is -2.31. The molecule has 4 aromatic rings. The van der Waals surface area contributed by atoms with E-state index in [0.29, 0.717) is 0 Å². The van der Waals surface area contributed by atoms with Gasteiger partial charge in [-0.1, -0.05) is 70.6 Å². The van der Waals surface area contributed by atoms with Gasteiger partial charge in [0, 0.05) is 0 Å². The maximum Gasteiger partial charge on any atom is 0.287 e. The molecule has 0 atom stereocenters. The van der Waals surface area contributed by atoms with Crippen molar-refractivity contribution in [3.63, 3.8) is 0 Å². The van der Waals surface area contributed by atoms with Crippen LogP contribution in [0.15, 0.2) is 97.1 Å². The van der Waals surface area contributed by atoms with Crippen molar-refractivity contribution in [2.75, 3.05) is 0 Å². The predicted molar refractivity (Wildman–Crippen MR) is 155 cm³/mol. The fraction of sp³-hybridized carbons (Fsp3) is 0.200. The third-order valence-corrected chi connectivity index (χ3v) is 17.5. The van der Waals surface area contributed by atoms with Crippen LogP contribution in [0.25, 0.3) is 0 Å². The van der Waals surface area contributed by atoms with E-state index in [1.807, 2.05) is 0 Å². The second-order valence-electron chi connectivity index (χ2n) is 9.54. The topological polar surface area (TPSA) is 0 Å². The molecular weight excluding hydrogens is 570 g/mol. The molecule has 0 aromatic heterocycles. The van der Waals surface area contributed by atoms with Crippen molar-refractivity contribution >= 4 is 57.8 Å². The largest absolute Gasteiger partial charge is 0.287 e. The first-order valence-corrected chi connectivity index (χ1v) is 21.1. The fourth-order valence-electron chi connectivity index (χ4n) is 3.77. The van der Waals surface area contributed by atoms with Gasteiger partial charge in [0.25, 0.3) is 5.54 Å². The predicted octanol–water partition coefficient (Wildman–Crippen LogP) is 5.93. The Morgan fingerprint density at radius 3 is 0.970 bits per heavy atom. The first-order chi connectivity index (χ1) is 15.7. The van der Waals surface area contributed by atoms with Crippen molar-refractivity contribution in [1.82, 2.24) is 0 Å². The van der Waals surface area contributed by atoms with E-state index in [4.69, 9.17) is 0 Å². The van der Waals surface area contributed by atoms with Gasteiger partial charge < -0.3 is 0 Å². The SMILES string of the molecule is Cc1cc[c]([Sn]([CH3])([CH3])[c]2ccc(C)cc2)cc1.Cc1ccc(B(Br)c2ccc(C)cc2)cc1. The molecule has 168 valence electrons. The summed E-state index contributed by atoms with van der Waals surface area (Å²) >= 11 is 1.44. The summed E-state index contributed by atoms with van der Waals surface area (Å²) in [5.41, 5.74) is 8.18. The normalized spacial score (nSPS) is 10.9. The Morgan fingerprint density at radius 2 is 0.697 bits per heavy atom. The molecule has 0 radical (unpaired) electrons. The summed E-state index contributed by atoms with van der Waals surface area (Å²) in [5.74, 6) is 0. The third-order valence-electron chi connectivity index (χ3n) is 6.29. The zero-order valence-corrected chi connectivity index (χ0v) is 25.1. The number of hydrogen-bond acceptors (Lipinski definition) is 0. The van der Waals surface area contributed by atoms with Crippen molar-refractivity contribution in [2.24, 2.45) is 0 Å². The van der Waals surface area contributed by atoms with Crippen LogP contribution in [0.1, 0.15) is 22.3 Å². The third kappa shape index (κ3) is 7.10. The molecule has 0 N–H and O–H groups in total. The summed E-state index contributed by atoms with van der Waals surface area (Å²) in [6, 6.07) is 35.6. The maximum atomic E-state index is 3.74. The van der Waals surface area contributed by atoms with Crippen molar-refractivity contribution < 1.29 is 0 Å². The molecule has 0 bridgehead atoms. The zero-order chi connectivity index (χ0) is 24.0. The molecule has 0 fully saturated rings. The van der Waals surface area contributed by atoms with Crippen molar-refractivity contribution in [1.29, 1.82) is 0 Å². The van der Waals surface area contributed by atoms with E-state index >= 15 is 0 Å². The number of halogens is 1. The van der Waals surface area contributed by atoms with Gasteiger partial charge in [-0.25, -0.2) is 0 Å². The van der Waals surface area contributed by atoms with E-state index in [2.05, 4.69) is 150 Å². The first kappa shape index (κ1) is 25.8. The fourth-order valence-corrected chi connectivity index (χ4v) is 11.0. The molecule has 0 aliphatic rings. The van der Waals surface area contributed by atoms with Crippen LogP contribution >= 0.6 is 15.8 Å². The average molecular weight is 604 g/mol. The Kier molecular flexibility index (Phi) is 9.06. The minimum Gasteiger partial charge on any atom is -0.143 e. The standard InChI is InChI=1S/C14H14BBr.2C7H7.2CH3.Sn/c1-11-3-7-13(8-4-11)15(16)14-9-5-12(2)6-10-14;2*1-7-5-3-2-4-6-7;;;/h3-10H,1-2H3;2*3-6H,1H3;2*1H3;. The summed E-state index contributed by atoms with van der Waals surface area (Å²) in [6.45, 7) is 8.52. The molecule has 4 rings (SSSR count). The van der Waals surface area contributed by atoms with Crippen LogP contribution in [0.4, 0.5) is 0 Å². The van der Waals surface area contributed by atoms with Crippen molar-refractivity contribution in [2.45, 2.75) is 37.6 Å². The van der Waals surface area contributed by atoms with Crippen molar-refractivity contribution in [3.05, 3.63) is 119 Å². The average Bonchev–Trinajstić information content (AvgIpc) is 2.81. The van der Waals surface area contributed by atoms with Gasteiger partial charge in [-0.15, -0.1) is 15.8 Å². The number of rotatable bonds is 4. The van der Waals surface area contributed by atoms with Crippen LogP contribution < -0.4 is 18.1 Å². The van der Waals surface area contributed by atoms with Crippen LogP contribution in [-0.4, -0.2) is 23.9 Å². The van der Waals surface area contributed by atoms with Gasteiger partial charge >= 0.3 is 109 Å². The van der Waals surface area contributed by atoms with Crippen LogP contribution in [0, 0.1) is 27.7 Å². The number of benzene rings is 4. The summed E-state index contributed by atoms with van der Waals surface area (Å²) in [7, 11) is 0. The van der Waals surface area contributed by atoms with Gasteiger partial charge in [0.15, 0.2) is 0 Å². The quantitative estimate of drug-likeness (QED) is 0.254. The second-order valence-corrected chi connectivity index (χ2v) is 23.0. The van der Waals surface area contributed by atoms with E-state index in [0.717, 1.165) is 0 Å². The summed E-state index contributed by atoms with van der Waals surface area (Å²) in [5, 5.41) is 0. The monoisotopic (exact) mass is 604 g/mol. The smallest absolute Gasteiger partial charge is 0.143 e. The Balaban J connectivity index is 0.000000186. The van der Waals surface area contributed by atoms with Gasteiger partial charge in [-0.2, -0.15) is 0 Å². The molecular formula is C30H34BBrSn. The molecule has 0 heterocycles. The molecule has 0 aliphatic carbocycles. The second kappa shape index (κ2) is 11.6. The molecule has 33 heavy (non-hydrogen) atoms. The Morgan fingerprint density at radius 1 is 0.455 bits per heavy atom. The Bertz CT molecular complexity index is 1050. The van der Waals surface area contributed by atoms with Gasteiger partial charge in [0.1, 0.15) is 0 Å². The summed E-state index contributed by atoms with van der Waals surface area (Å²) in [6.07, 6.45) is 0. The van der Waals surface area contributed by atoms with E-state index in [-0.39, 0.29) is 5.54 Å². The van der Waals surface area contributed by atoms with Gasteiger partial charge in [-0.05, 0) is 13.8 Å². The Hall–Kier alpha value is -1.78. The van der Waals surface area contributed by atoms with Crippen LogP contribution in [-0.2, 0) is 0 Å². The van der Waals surface area contributed by atoms with Gasteiger partial charge in [0.2, 0.25) is 0 Å². The zero-order valence-electron chi connectivity index (χ0n) is 20.7.